The molecular weight excluding hydrogens is 332 g/mol. The van der Waals surface area contributed by atoms with E-state index in [4.69, 9.17) is 0 Å². The molecule has 1 aromatic heterocycles. The molecule has 0 unspecified atom stereocenters. The molecule has 26 heavy (non-hydrogen) atoms. The van der Waals surface area contributed by atoms with Gasteiger partial charge in [0.15, 0.2) is 0 Å². The molecule has 0 bridgehead atoms. The van der Waals surface area contributed by atoms with Crippen LogP contribution in [0.2, 0.25) is 0 Å². The lowest BCUT2D eigenvalue weighted by atomic mass is 9.76. The first-order chi connectivity index (χ1) is 12.6. The van der Waals surface area contributed by atoms with Crippen molar-refractivity contribution in [2.45, 2.75) is 24.8 Å². The minimum atomic E-state index is -1.05. The van der Waals surface area contributed by atoms with Crippen LogP contribution in [0.1, 0.15) is 24.0 Å². The molecule has 4 amide bonds. The highest BCUT2D eigenvalue weighted by Crippen LogP contribution is 2.39. The lowest BCUT2D eigenvalue weighted by Crippen LogP contribution is -2.47. The summed E-state index contributed by atoms with van der Waals surface area (Å²) < 4.78 is 0. The number of carbonyl (C=O) groups excluding carboxylic acids is 3. The molecule has 1 saturated heterocycles. The summed E-state index contributed by atoms with van der Waals surface area (Å²) in [6, 6.07) is 10.4. The second kappa shape index (κ2) is 6.25. The third-order valence-corrected chi connectivity index (χ3v) is 4.92. The van der Waals surface area contributed by atoms with Crippen LogP contribution in [0.25, 0.3) is 0 Å². The van der Waals surface area contributed by atoms with Crippen LogP contribution in [-0.2, 0) is 21.5 Å². The van der Waals surface area contributed by atoms with Crippen molar-refractivity contribution in [1.29, 1.82) is 0 Å². The fourth-order valence-corrected chi connectivity index (χ4v) is 3.73. The lowest BCUT2D eigenvalue weighted by Gasteiger charge is -2.33. The third-order valence-electron chi connectivity index (χ3n) is 4.92. The maximum Gasteiger partial charge on any atom is 0.325 e. The zero-order chi connectivity index (χ0) is 18.1. The highest BCUT2D eigenvalue weighted by atomic mass is 16.2. The van der Waals surface area contributed by atoms with Crippen molar-refractivity contribution in [3.05, 3.63) is 59.9 Å². The van der Waals surface area contributed by atoms with Gasteiger partial charge in [-0.05, 0) is 42.5 Å². The smallest absolute Gasteiger partial charge is 0.324 e. The molecule has 0 saturated carbocycles. The van der Waals surface area contributed by atoms with E-state index in [2.05, 4.69) is 15.6 Å². The summed E-state index contributed by atoms with van der Waals surface area (Å²) in [5.41, 5.74) is 1.41. The Labute approximate surface area is 150 Å². The number of carbonyl (C=O) groups is 3. The van der Waals surface area contributed by atoms with Gasteiger partial charge in [0, 0.05) is 18.1 Å². The van der Waals surface area contributed by atoms with E-state index in [1.165, 1.54) is 0 Å². The molecule has 2 N–H and O–H groups in total. The van der Waals surface area contributed by atoms with E-state index in [0.29, 0.717) is 12.1 Å². The molecule has 132 valence electrons. The lowest BCUT2D eigenvalue weighted by molar-refractivity contribution is -0.134. The Morgan fingerprint density at radius 1 is 1.19 bits per heavy atom. The number of hydrogen-bond acceptors (Lipinski definition) is 4. The molecule has 1 aromatic carbocycles. The van der Waals surface area contributed by atoms with Gasteiger partial charge in [-0.1, -0.05) is 24.3 Å². The first-order valence-corrected chi connectivity index (χ1v) is 8.52. The summed E-state index contributed by atoms with van der Waals surface area (Å²) in [6.45, 7) is -0.323. The fourth-order valence-electron chi connectivity index (χ4n) is 3.73. The molecular formula is C19H18N4O3. The maximum atomic E-state index is 13.1. The van der Waals surface area contributed by atoms with Crippen LogP contribution in [-0.4, -0.2) is 34.3 Å². The zero-order valence-electron chi connectivity index (χ0n) is 14.1. The van der Waals surface area contributed by atoms with Gasteiger partial charge in [-0.15, -0.1) is 0 Å². The second-order valence-corrected chi connectivity index (χ2v) is 6.52. The number of nitrogens with one attached hydrogen (secondary N) is 2. The number of imide groups is 1. The van der Waals surface area contributed by atoms with Gasteiger partial charge < -0.3 is 10.6 Å². The molecule has 0 radical (unpaired) electrons. The predicted molar refractivity (Wildman–Crippen MR) is 94.2 cm³/mol. The Kier molecular flexibility index (Phi) is 3.91. The number of urea groups is 1. The number of rotatable bonds is 3. The molecule has 2 heterocycles. The van der Waals surface area contributed by atoms with Crippen LogP contribution in [0.15, 0.2) is 48.8 Å². The molecule has 1 aliphatic heterocycles. The zero-order valence-corrected chi connectivity index (χ0v) is 14.1. The summed E-state index contributed by atoms with van der Waals surface area (Å²) in [7, 11) is 0. The van der Waals surface area contributed by atoms with E-state index in [1.54, 1.807) is 24.5 Å². The summed E-state index contributed by atoms with van der Waals surface area (Å²) in [6.07, 6.45) is 5.33. The van der Waals surface area contributed by atoms with E-state index in [-0.39, 0.29) is 12.5 Å². The van der Waals surface area contributed by atoms with Gasteiger partial charge in [0.1, 0.15) is 12.1 Å². The average Bonchev–Trinajstić information content (AvgIpc) is 2.88. The van der Waals surface area contributed by atoms with Crippen LogP contribution in [0.3, 0.4) is 0 Å². The third kappa shape index (κ3) is 2.61. The Bertz CT molecular complexity index is 883. The molecule has 2 aromatic rings. The standard InChI is InChI=1S/C19H18N4O3/c24-16(21-14-7-10-20-11-8-14)12-23-17(25)19(22-18(23)26)9-3-5-13-4-1-2-6-15(13)19/h1-2,4,6-8,10-11H,3,5,9,12H2,(H,22,26)(H,20,21,24)/t19-/m0/s1. The molecule has 4 rings (SSSR count). The van der Waals surface area contributed by atoms with Gasteiger partial charge in [-0.2, -0.15) is 0 Å². The van der Waals surface area contributed by atoms with Crippen molar-refractivity contribution < 1.29 is 14.4 Å². The van der Waals surface area contributed by atoms with Crippen molar-refractivity contribution in [2.24, 2.45) is 0 Å². The Morgan fingerprint density at radius 3 is 2.77 bits per heavy atom. The summed E-state index contributed by atoms with van der Waals surface area (Å²) in [5.74, 6) is -0.791. The number of aromatic nitrogens is 1. The van der Waals surface area contributed by atoms with Gasteiger partial charge in [0.05, 0.1) is 0 Å². The van der Waals surface area contributed by atoms with E-state index >= 15 is 0 Å². The van der Waals surface area contributed by atoms with Crippen LogP contribution >= 0.6 is 0 Å². The monoisotopic (exact) mass is 350 g/mol. The molecule has 7 nitrogen and oxygen atoms in total. The quantitative estimate of drug-likeness (QED) is 0.826. The van der Waals surface area contributed by atoms with E-state index < -0.39 is 17.5 Å². The first kappa shape index (κ1) is 16.3. The van der Waals surface area contributed by atoms with Crippen molar-refractivity contribution in [3.8, 4) is 0 Å². The number of benzene rings is 1. The number of pyridine rings is 1. The van der Waals surface area contributed by atoms with Crippen LogP contribution < -0.4 is 10.6 Å². The number of nitrogens with zero attached hydrogens (tertiary/aromatic N) is 2. The Morgan fingerprint density at radius 2 is 1.96 bits per heavy atom. The second-order valence-electron chi connectivity index (χ2n) is 6.52. The fraction of sp³-hybridized carbons (Fsp3) is 0.263. The highest BCUT2D eigenvalue weighted by molar-refractivity contribution is 6.10. The largest absolute Gasteiger partial charge is 0.325 e. The van der Waals surface area contributed by atoms with E-state index in [0.717, 1.165) is 28.9 Å². The number of aryl methyl sites for hydroxylation is 1. The molecule has 1 atom stereocenters. The van der Waals surface area contributed by atoms with Crippen molar-refractivity contribution in [2.75, 3.05) is 11.9 Å². The Balaban J connectivity index is 1.56. The van der Waals surface area contributed by atoms with Gasteiger partial charge in [-0.3, -0.25) is 19.5 Å². The van der Waals surface area contributed by atoms with E-state index in [1.807, 2.05) is 24.3 Å². The number of anilines is 1. The van der Waals surface area contributed by atoms with Gasteiger partial charge in [0.2, 0.25) is 5.91 Å². The number of fused-ring (bicyclic) bond motifs is 2. The van der Waals surface area contributed by atoms with Crippen LogP contribution in [0.5, 0.6) is 0 Å². The van der Waals surface area contributed by atoms with Crippen LogP contribution in [0.4, 0.5) is 10.5 Å². The minimum absolute atomic E-state index is 0.323. The van der Waals surface area contributed by atoms with Gasteiger partial charge >= 0.3 is 6.03 Å². The van der Waals surface area contributed by atoms with Crippen molar-refractivity contribution in [1.82, 2.24) is 15.2 Å². The van der Waals surface area contributed by atoms with E-state index in [9.17, 15) is 14.4 Å². The molecule has 1 fully saturated rings. The molecule has 2 aliphatic rings. The van der Waals surface area contributed by atoms with Gasteiger partial charge in [0.25, 0.3) is 5.91 Å². The summed E-state index contributed by atoms with van der Waals surface area (Å²) in [5, 5.41) is 5.51. The minimum Gasteiger partial charge on any atom is -0.324 e. The normalized spacial score (nSPS) is 21.5. The average molecular weight is 350 g/mol. The molecule has 1 spiro atoms. The van der Waals surface area contributed by atoms with Crippen molar-refractivity contribution in [3.63, 3.8) is 0 Å². The number of hydrogen-bond donors (Lipinski definition) is 2. The summed E-state index contributed by atoms with van der Waals surface area (Å²) >= 11 is 0. The number of amides is 4. The predicted octanol–water partition coefficient (Wildman–Crippen LogP) is 1.80. The van der Waals surface area contributed by atoms with Crippen molar-refractivity contribution >= 4 is 23.5 Å². The molecule has 7 heteroatoms. The maximum absolute atomic E-state index is 13.1. The molecule has 1 aliphatic carbocycles. The van der Waals surface area contributed by atoms with Crippen LogP contribution in [0, 0.1) is 0 Å². The summed E-state index contributed by atoms with van der Waals surface area (Å²) in [4.78, 5) is 42.7. The van der Waals surface area contributed by atoms with Gasteiger partial charge in [-0.25, -0.2) is 4.79 Å². The Hall–Kier alpha value is -3.22. The highest BCUT2D eigenvalue weighted by Gasteiger charge is 2.54. The first-order valence-electron chi connectivity index (χ1n) is 8.52. The topological polar surface area (TPSA) is 91.4 Å². The SMILES string of the molecule is O=C(CN1C(=O)N[C@]2(CCCc3ccccc32)C1=O)Nc1ccncc1.